The first-order chi connectivity index (χ1) is 12.6. The fourth-order valence-electron chi connectivity index (χ4n) is 3.21. The van der Waals surface area contributed by atoms with Gasteiger partial charge in [-0.2, -0.15) is 5.10 Å². The zero-order valence-corrected chi connectivity index (χ0v) is 14.7. The quantitative estimate of drug-likeness (QED) is 0.761. The molecule has 26 heavy (non-hydrogen) atoms. The number of anilines is 1. The third-order valence-electron chi connectivity index (χ3n) is 4.69. The Hall–Kier alpha value is -2.96. The molecule has 3 aromatic rings. The smallest absolute Gasteiger partial charge is 0.182 e. The molecule has 134 valence electrons. The number of nitrogens with zero attached hydrogens (tertiary/aromatic N) is 4. The molecule has 0 saturated heterocycles. The summed E-state index contributed by atoms with van der Waals surface area (Å²) >= 11 is 0. The minimum absolute atomic E-state index is 0.228. The lowest BCUT2D eigenvalue weighted by Crippen LogP contribution is -2.07. The van der Waals surface area contributed by atoms with Crippen molar-refractivity contribution in [2.75, 3.05) is 12.8 Å². The molecule has 4 rings (SSSR count). The van der Waals surface area contributed by atoms with Gasteiger partial charge in [0.1, 0.15) is 11.5 Å². The largest absolute Gasteiger partial charge is 0.491 e. The van der Waals surface area contributed by atoms with E-state index in [4.69, 9.17) is 15.6 Å². The average molecular weight is 353 g/mol. The molecule has 1 fully saturated rings. The summed E-state index contributed by atoms with van der Waals surface area (Å²) in [5.74, 6) is 1.38. The highest BCUT2D eigenvalue weighted by molar-refractivity contribution is 5.60. The average Bonchev–Trinajstić information content (AvgIpc) is 3.41. The van der Waals surface area contributed by atoms with Crippen molar-refractivity contribution < 1.29 is 9.13 Å². The Labute approximate surface area is 150 Å². The summed E-state index contributed by atoms with van der Waals surface area (Å²) in [4.78, 5) is 8.66. The van der Waals surface area contributed by atoms with Crippen molar-refractivity contribution in [1.82, 2.24) is 19.7 Å². The molecule has 2 heterocycles. The van der Waals surface area contributed by atoms with Crippen LogP contribution in [-0.4, -0.2) is 26.9 Å². The topological polar surface area (TPSA) is 78.9 Å². The number of benzene rings is 1. The summed E-state index contributed by atoms with van der Waals surface area (Å²) in [5, 5.41) is 4.70. The molecule has 0 amide bonds. The predicted octanol–water partition coefficient (Wildman–Crippen LogP) is 3.30. The van der Waals surface area contributed by atoms with Gasteiger partial charge in [0.15, 0.2) is 17.4 Å². The number of hydrogen-bond acceptors (Lipinski definition) is 5. The van der Waals surface area contributed by atoms with E-state index in [0.29, 0.717) is 35.3 Å². The number of nitrogens with two attached hydrogens (primary N) is 1. The second-order valence-electron chi connectivity index (χ2n) is 6.53. The van der Waals surface area contributed by atoms with Crippen molar-refractivity contribution in [2.45, 2.75) is 32.2 Å². The number of methoxy groups -OCH3 is 1. The van der Waals surface area contributed by atoms with Crippen LogP contribution in [0.2, 0.25) is 0 Å². The van der Waals surface area contributed by atoms with Crippen LogP contribution in [0.5, 0.6) is 5.75 Å². The first kappa shape index (κ1) is 16.5. The SMILES string of the molecule is COc1cnc(-c2nn(Cc3ccccc3F)c(C3CC3)c2C)nc1N. The third kappa shape index (κ3) is 2.89. The highest BCUT2D eigenvalue weighted by Crippen LogP contribution is 2.43. The molecular formula is C19H20FN5O. The summed E-state index contributed by atoms with van der Waals surface area (Å²) in [7, 11) is 1.52. The second kappa shape index (κ2) is 6.40. The minimum atomic E-state index is -0.228. The van der Waals surface area contributed by atoms with Crippen molar-refractivity contribution in [1.29, 1.82) is 0 Å². The van der Waals surface area contributed by atoms with Crippen LogP contribution in [0, 0.1) is 12.7 Å². The van der Waals surface area contributed by atoms with Gasteiger partial charge in [-0.15, -0.1) is 0 Å². The Morgan fingerprint density at radius 1 is 1.31 bits per heavy atom. The fourth-order valence-corrected chi connectivity index (χ4v) is 3.21. The van der Waals surface area contributed by atoms with Crippen LogP contribution in [-0.2, 0) is 6.54 Å². The molecule has 0 atom stereocenters. The third-order valence-corrected chi connectivity index (χ3v) is 4.69. The van der Waals surface area contributed by atoms with Gasteiger partial charge in [0.05, 0.1) is 19.9 Å². The van der Waals surface area contributed by atoms with E-state index in [2.05, 4.69) is 9.97 Å². The summed E-state index contributed by atoms with van der Waals surface area (Å²) in [5.41, 5.74) is 9.36. The van der Waals surface area contributed by atoms with Crippen molar-refractivity contribution >= 4 is 5.82 Å². The summed E-state index contributed by atoms with van der Waals surface area (Å²) in [6.07, 6.45) is 3.79. The van der Waals surface area contributed by atoms with E-state index in [-0.39, 0.29) is 11.6 Å². The Morgan fingerprint density at radius 2 is 2.08 bits per heavy atom. The molecule has 2 aromatic heterocycles. The summed E-state index contributed by atoms with van der Waals surface area (Å²) < 4.78 is 21.1. The lowest BCUT2D eigenvalue weighted by Gasteiger charge is -2.08. The van der Waals surface area contributed by atoms with Gasteiger partial charge in [0.2, 0.25) is 0 Å². The fraction of sp³-hybridized carbons (Fsp3) is 0.316. The highest BCUT2D eigenvalue weighted by Gasteiger charge is 2.32. The molecular weight excluding hydrogens is 333 g/mol. The maximum atomic E-state index is 14.1. The monoisotopic (exact) mass is 353 g/mol. The Balaban J connectivity index is 1.77. The Morgan fingerprint density at radius 3 is 2.73 bits per heavy atom. The molecule has 0 spiro atoms. The van der Waals surface area contributed by atoms with Gasteiger partial charge in [0.25, 0.3) is 0 Å². The molecule has 1 aliphatic carbocycles. The summed E-state index contributed by atoms with van der Waals surface area (Å²) in [6.45, 7) is 2.39. The minimum Gasteiger partial charge on any atom is -0.491 e. The normalized spacial score (nSPS) is 13.8. The zero-order chi connectivity index (χ0) is 18.3. The van der Waals surface area contributed by atoms with Gasteiger partial charge in [-0.3, -0.25) is 4.68 Å². The maximum absolute atomic E-state index is 14.1. The van der Waals surface area contributed by atoms with E-state index in [9.17, 15) is 4.39 Å². The molecule has 1 aliphatic rings. The molecule has 0 aliphatic heterocycles. The molecule has 1 aromatic carbocycles. The van der Waals surface area contributed by atoms with Crippen LogP contribution in [0.3, 0.4) is 0 Å². The van der Waals surface area contributed by atoms with E-state index in [0.717, 1.165) is 24.1 Å². The summed E-state index contributed by atoms with van der Waals surface area (Å²) in [6, 6.07) is 6.77. The van der Waals surface area contributed by atoms with E-state index in [1.807, 2.05) is 17.7 Å². The van der Waals surface area contributed by atoms with Gasteiger partial charge < -0.3 is 10.5 Å². The molecule has 7 heteroatoms. The second-order valence-corrected chi connectivity index (χ2v) is 6.53. The van der Waals surface area contributed by atoms with Gasteiger partial charge in [0, 0.05) is 22.7 Å². The van der Waals surface area contributed by atoms with Crippen molar-refractivity contribution in [3.05, 3.63) is 53.1 Å². The first-order valence-corrected chi connectivity index (χ1v) is 8.56. The molecule has 0 bridgehead atoms. The van der Waals surface area contributed by atoms with Crippen molar-refractivity contribution in [2.24, 2.45) is 0 Å². The highest BCUT2D eigenvalue weighted by atomic mass is 19.1. The van der Waals surface area contributed by atoms with Crippen LogP contribution >= 0.6 is 0 Å². The first-order valence-electron chi connectivity index (χ1n) is 8.56. The molecule has 1 saturated carbocycles. The van der Waals surface area contributed by atoms with Crippen molar-refractivity contribution in [3.8, 4) is 17.3 Å². The molecule has 2 N–H and O–H groups in total. The number of nitrogen functional groups attached to an aromatic ring is 1. The van der Waals surface area contributed by atoms with Crippen LogP contribution in [0.25, 0.3) is 11.5 Å². The van der Waals surface area contributed by atoms with Crippen LogP contribution in [0.1, 0.15) is 35.6 Å². The van der Waals surface area contributed by atoms with Gasteiger partial charge in [-0.25, -0.2) is 14.4 Å². The van der Waals surface area contributed by atoms with Crippen LogP contribution in [0.15, 0.2) is 30.5 Å². The number of rotatable bonds is 5. The maximum Gasteiger partial charge on any atom is 0.182 e. The number of hydrogen-bond donors (Lipinski definition) is 1. The van der Waals surface area contributed by atoms with E-state index in [1.54, 1.807) is 18.3 Å². The standard InChI is InChI=1S/C19H20FN5O/c1-11-16(19-22-9-15(26-2)18(21)23-19)24-25(17(11)12-7-8-12)10-13-5-3-4-6-14(13)20/h3-6,9,12H,7-8,10H2,1-2H3,(H2,21,22,23). The lowest BCUT2D eigenvalue weighted by molar-refractivity contribution is 0.413. The molecule has 6 nitrogen and oxygen atoms in total. The number of halogens is 1. The van der Waals surface area contributed by atoms with E-state index >= 15 is 0 Å². The Bertz CT molecular complexity index is 965. The van der Waals surface area contributed by atoms with Crippen LogP contribution < -0.4 is 10.5 Å². The van der Waals surface area contributed by atoms with Crippen LogP contribution in [0.4, 0.5) is 10.2 Å². The van der Waals surface area contributed by atoms with E-state index < -0.39 is 0 Å². The predicted molar refractivity (Wildman–Crippen MR) is 96.4 cm³/mol. The van der Waals surface area contributed by atoms with Crippen molar-refractivity contribution in [3.63, 3.8) is 0 Å². The molecule has 0 unspecified atom stereocenters. The number of aromatic nitrogens is 4. The van der Waals surface area contributed by atoms with Gasteiger partial charge in [-0.1, -0.05) is 18.2 Å². The van der Waals surface area contributed by atoms with E-state index in [1.165, 1.54) is 13.2 Å². The zero-order valence-electron chi connectivity index (χ0n) is 14.7. The van der Waals surface area contributed by atoms with Gasteiger partial charge >= 0.3 is 0 Å². The Kier molecular flexibility index (Phi) is 4.06. The number of ether oxygens (including phenoxy) is 1. The molecule has 0 radical (unpaired) electrons. The lowest BCUT2D eigenvalue weighted by atomic mass is 10.1. The van der Waals surface area contributed by atoms with Gasteiger partial charge in [-0.05, 0) is 25.8 Å².